The van der Waals surface area contributed by atoms with Gasteiger partial charge >= 0.3 is 5.97 Å². The summed E-state index contributed by atoms with van der Waals surface area (Å²) in [4.78, 5) is 21.2. The summed E-state index contributed by atoms with van der Waals surface area (Å²) in [6, 6.07) is 8.35. The molecule has 8 heteroatoms. The van der Waals surface area contributed by atoms with Crippen LogP contribution in [0.3, 0.4) is 0 Å². The van der Waals surface area contributed by atoms with Crippen molar-refractivity contribution in [2.45, 2.75) is 0 Å². The topological polar surface area (TPSA) is 92.5 Å². The summed E-state index contributed by atoms with van der Waals surface area (Å²) in [6.45, 7) is 0. The van der Waals surface area contributed by atoms with Crippen LogP contribution in [0.15, 0.2) is 36.4 Å². The summed E-state index contributed by atoms with van der Waals surface area (Å²) in [5.41, 5.74) is -0.0418. The third-order valence-electron chi connectivity index (χ3n) is 2.66. The Bertz CT molecular complexity index is 734. The maximum absolute atomic E-state index is 11.1. The molecule has 0 radical (unpaired) electrons. The first-order valence-corrected chi connectivity index (χ1v) is 6.38. The molecule has 6 nitrogen and oxygen atoms in total. The lowest BCUT2D eigenvalue weighted by atomic mass is 10.1. The molecule has 0 heterocycles. The average molecular weight is 327 g/mol. The fraction of sp³-hybridized carbons (Fsp3) is 0. The third kappa shape index (κ3) is 3.24. The van der Waals surface area contributed by atoms with Crippen LogP contribution in [0.4, 0.5) is 17.1 Å². The van der Waals surface area contributed by atoms with E-state index in [9.17, 15) is 14.9 Å². The molecular formula is C13H8Cl2N2O4. The molecule has 0 aliphatic carbocycles. The fourth-order valence-corrected chi connectivity index (χ4v) is 2.01. The van der Waals surface area contributed by atoms with Crippen molar-refractivity contribution in [1.29, 1.82) is 0 Å². The first-order valence-electron chi connectivity index (χ1n) is 5.63. The van der Waals surface area contributed by atoms with Gasteiger partial charge in [0.05, 0.1) is 26.2 Å². The van der Waals surface area contributed by atoms with Gasteiger partial charge in [-0.1, -0.05) is 29.3 Å². The van der Waals surface area contributed by atoms with Gasteiger partial charge in [0.25, 0.3) is 5.69 Å². The minimum atomic E-state index is -1.24. The lowest BCUT2D eigenvalue weighted by molar-refractivity contribution is -0.383. The van der Waals surface area contributed by atoms with Gasteiger partial charge in [0, 0.05) is 6.07 Å². The van der Waals surface area contributed by atoms with Crippen molar-refractivity contribution in [3.63, 3.8) is 0 Å². The molecule has 0 atom stereocenters. The Kier molecular flexibility index (Phi) is 4.30. The van der Waals surface area contributed by atoms with Gasteiger partial charge in [-0.05, 0) is 24.3 Å². The van der Waals surface area contributed by atoms with Crippen molar-refractivity contribution in [1.82, 2.24) is 0 Å². The maximum Gasteiger partial charge on any atom is 0.335 e. The third-order valence-corrected chi connectivity index (χ3v) is 3.48. The second-order valence-corrected chi connectivity index (χ2v) is 4.81. The minimum absolute atomic E-state index is 0.120. The van der Waals surface area contributed by atoms with Gasteiger partial charge in [-0.3, -0.25) is 10.1 Å². The first-order chi connectivity index (χ1) is 9.90. The van der Waals surface area contributed by atoms with Crippen LogP contribution in [0.2, 0.25) is 10.0 Å². The number of carbonyl (C=O) groups is 1. The molecule has 2 rings (SSSR count). The second kappa shape index (κ2) is 5.99. The Morgan fingerprint density at radius 3 is 2.52 bits per heavy atom. The van der Waals surface area contributed by atoms with E-state index in [0.29, 0.717) is 10.7 Å². The molecule has 2 aromatic rings. The number of benzene rings is 2. The number of hydrogen-bond acceptors (Lipinski definition) is 4. The zero-order chi connectivity index (χ0) is 15.6. The SMILES string of the molecule is O=C(O)c1ccc(Nc2cccc(Cl)c2Cl)c([N+](=O)[O-])c1. The maximum atomic E-state index is 11.1. The Hall–Kier alpha value is -2.31. The number of anilines is 2. The molecule has 0 amide bonds. The molecule has 0 aliphatic heterocycles. The van der Waals surface area contributed by atoms with Gasteiger partial charge < -0.3 is 10.4 Å². The smallest absolute Gasteiger partial charge is 0.335 e. The van der Waals surface area contributed by atoms with Crippen LogP contribution in [0, 0.1) is 10.1 Å². The molecule has 0 aromatic heterocycles. The van der Waals surface area contributed by atoms with Gasteiger partial charge in [0.15, 0.2) is 0 Å². The highest BCUT2D eigenvalue weighted by molar-refractivity contribution is 6.43. The molecule has 21 heavy (non-hydrogen) atoms. The normalized spacial score (nSPS) is 10.2. The molecule has 108 valence electrons. The van der Waals surface area contributed by atoms with E-state index in [2.05, 4.69) is 5.32 Å². The number of hydrogen-bond donors (Lipinski definition) is 2. The number of aromatic carboxylic acids is 1. The van der Waals surface area contributed by atoms with Crippen LogP contribution in [-0.4, -0.2) is 16.0 Å². The lowest BCUT2D eigenvalue weighted by Crippen LogP contribution is -2.02. The van der Waals surface area contributed by atoms with E-state index in [1.54, 1.807) is 18.2 Å². The van der Waals surface area contributed by atoms with Crippen LogP contribution in [0.5, 0.6) is 0 Å². The van der Waals surface area contributed by atoms with Crippen molar-refractivity contribution in [2.75, 3.05) is 5.32 Å². The average Bonchev–Trinajstić information content (AvgIpc) is 2.43. The number of carboxylic acids is 1. The van der Waals surface area contributed by atoms with E-state index in [4.69, 9.17) is 28.3 Å². The summed E-state index contributed by atoms with van der Waals surface area (Å²) in [6.07, 6.45) is 0. The van der Waals surface area contributed by atoms with Crippen LogP contribution >= 0.6 is 23.2 Å². The van der Waals surface area contributed by atoms with Gasteiger partial charge in [-0.2, -0.15) is 0 Å². The summed E-state index contributed by atoms with van der Waals surface area (Å²) in [5, 5.41) is 23.2. The highest BCUT2D eigenvalue weighted by Crippen LogP contribution is 2.35. The summed E-state index contributed by atoms with van der Waals surface area (Å²) < 4.78 is 0. The Morgan fingerprint density at radius 1 is 1.19 bits per heavy atom. The molecule has 0 saturated heterocycles. The van der Waals surface area contributed by atoms with Gasteiger partial charge in [0.2, 0.25) is 0 Å². The zero-order valence-electron chi connectivity index (χ0n) is 10.3. The number of rotatable bonds is 4. The summed E-state index contributed by atoms with van der Waals surface area (Å²) >= 11 is 11.9. The number of halogens is 2. The van der Waals surface area contributed by atoms with Crippen LogP contribution in [0.1, 0.15) is 10.4 Å². The molecule has 2 N–H and O–H groups in total. The Labute approximate surface area is 129 Å². The van der Waals surface area contributed by atoms with Crippen LogP contribution in [-0.2, 0) is 0 Å². The van der Waals surface area contributed by atoms with E-state index in [1.165, 1.54) is 12.1 Å². The molecule has 0 unspecified atom stereocenters. The summed E-state index contributed by atoms with van der Waals surface area (Å²) in [7, 11) is 0. The highest BCUT2D eigenvalue weighted by atomic mass is 35.5. The predicted octanol–water partition coefficient (Wildman–Crippen LogP) is 4.34. The Balaban J connectivity index is 2.46. The monoisotopic (exact) mass is 326 g/mol. The number of nitrogens with zero attached hydrogens (tertiary/aromatic N) is 1. The molecule has 0 spiro atoms. The Morgan fingerprint density at radius 2 is 1.90 bits per heavy atom. The largest absolute Gasteiger partial charge is 0.478 e. The first kappa shape index (κ1) is 15.1. The minimum Gasteiger partial charge on any atom is -0.478 e. The molecule has 0 bridgehead atoms. The van der Waals surface area contributed by atoms with Crippen molar-refractivity contribution < 1.29 is 14.8 Å². The van der Waals surface area contributed by atoms with E-state index in [-0.39, 0.29) is 22.0 Å². The molecular weight excluding hydrogens is 319 g/mol. The standard InChI is InChI=1S/C13H8Cl2N2O4/c14-8-2-1-3-10(12(8)15)16-9-5-4-7(13(18)19)6-11(9)17(20)21/h1-6,16H,(H,18,19). The number of carboxylic acid groups (broad SMARTS) is 1. The highest BCUT2D eigenvalue weighted by Gasteiger charge is 2.18. The van der Waals surface area contributed by atoms with Crippen LogP contribution in [0.25, 0.3) is 0 Å². The lowest BCUT2D eigenvalue weighted by Gasteiger charge is -2.10. The van der Waals surface area contributed by atoms with Crippen molar-refractivity contribution in [2.24, 2.45) is 0 Å². The number of nitro benzene ring substituents is 1. The van der Waals surface area contributed by atoms with Gasteiger partial charge in [0.1, 0.15) is 5.69 Å². The molecule has 0 saturated carbocycles. The van der Waals surface area contributed by atoms with E-state index in [0.717, 1.165) is 6.07 Å². The number of nitrogens with one attached hydrogen (secondary N) is 1. The van der Waals surface area contributed by atoms with Gasteiger partial charge in [-0.25, -0.2) is 4.79 Å². The van der Waals surface area contributed by atoms with Crippen molar-refractivity contribution in [3.05, 3.63) is 62.1 Å². The van der Waals surface area contributed by atoms with E-state index < -0.39 is 10.9 Å². The number of nitro groups is 1. The zero-order valence-corrected chi connectivity index (χ0v) is 11.9. The van der Waals surface area contributed by atoms with Crippen molar-refractivity contribution in [3.8, 4) is 0 Å². The molecule has 0 fully saturated rings. The van der Waals surface area contributed by atoms with Crippen molar-refractivity contribution >= 4 is 46.2 Å². The van der Waals surface area contributed by atoms with E-state index in [1.807, 2.05) is 0 Å². The fourth-order valence-electron chi connectivity index (χ4n) is 1.67. The van der Waals surface area contributed by atoms with E-state index >= 15 is 0 Å². The van der Waals surface area contributed by atoms with Crippen LogP contribution < -0.4 is 5.32 Å². The quantitative estimate of drug-likeness (QED) is 0.643. The predicted molar refractivity (Wildman–Crippen MR) is 79.8 cm³/mol. The van der Waals surface area contributed by atoms with Gasteiger partial charge in [-0.15, -0.1) is 0 Å². The molecule has 2 aromatic carbocycles. The summed E-state index contributed by atoms with van der Waals surface area (Å²) in [5.74, 6) is -1.24. The molecule has 0 aliphatic rings. The second-order valence-electron chi connectivity index (χ2n) is 4.02.